The second-order valence-electron chi connectivity index (χ2n) is 4.90. The van der Waals surface area contributed by atoms with Crippen LogP contribution in [0.2, 0.25) is 6.04 Å². The van der Waals surface area contributed by atoms with Crippen molar-refractivity contribution in [2.24, 2.45) is 0 Å². The number of ether oxygens (including phenoxy) is 2. The maximum atomic E-state index is 11.4. The van der Waals surface area contributed by atoms with Crippen LogP contribution in [0, 0.1) is 0 Å². The highest BCUT2D eigenvalue weighted by Crippen LogP contribution is 2.19. The van der Waals surface area contributed by atoms with E-state index in [4.69, 9.17) is 18.0 Å². The number of rotatable bonds is 12. The van der Waals surface area contributed by atoms with Crippen LogP contribution in [0.5, 0.6) is 0 Å². The lowest BCUT2D eigenvalue weighted by atomic mass is 10.3. The Morgan fingerprint density at radius 2 is 1.65 bits per heavy atom. The molecule has 1 saturated heterocycles. The second-order valence-corrected chi connectivity index (χ2v) is 7.63. The lowest BCUT2D eigenvalue weighted by Gasteiger charge is -2.28. The molecular weight excluding hydrogens is 322 g/mol. The highest BCUT2D eigenvalue weighted by molar-refractivity contribution is 6.60. The van der Waals surface area contributed by atoms with E-state index in [0.29, 0.717) is 45.4 Å². The van der Waals surface area contributed by atoms with E-state index in [1.54, 1.807) is 0 Å². The van der Waals surface area contributed by atoms with Crippen molar-refractivity contribution in [3.05, 3.63) is 0 Å². The molecule has 0 aromatic carbocycles. The fraction of sp³-hybridized carbons (Fsp3) is 0.857. The van der Waals surface area contributed by atoms with Gasteiger partial charge in [0.25, 0.3) is 0 Å². The van der Waals surface area contributed by atoms with Gasteiger partial charge in [-0.25, -0.2) is 9.59 Å². The first-order valence-electron chi connectivity index (χ1n) is 8.09. The maximum Gasteiger partial charge on any atom is 0.500 e. The van der Waals surface area contributed by atoms with Crippen LogP contribution in [0.25, 0.3) is 0 Å². The van der Waals surface area contributed by atoms with Gasteiger partial charge in [-0.2, -0.15) is 0 Å². The highest BCUT2D eigenvalue weighted by Gasteiger charge is 2.39. The molecular formula is C14H27NO7Si. The van der Waals surface area contributed by atoms with Gasteiger partial charge < -0.3 is 28.1 Å². The van der Waals surface area contributed by atoms with Crippen LogP contribution < -0.4 is 5.32 Å². The number of unbranched alkanes of at least 4 members (excludes halogenated alkanes) is 1. The number of amides is 1. The Kier molecular flexibility index (Phi) is 9.33. The van der Waals surface area contributed by atoms with Crippen molar-refractivity contribution in [2.45, 2.75) is 45.8 Å². The summed E-state index contributed by atoms with van der Waals surface area (Å²) in [6.45, 7) is 8.11. The number of hydrogen-bond donors (Lipinski definition) is 1. The van der Waals surface area contributed by atoms with Crippen molar-refractivity contribution in [3.8, 4) is 0 Å². The summed E-state index contributed by atoms with van der Waals surface area (Å²) in [6, 6.07) is 0.689. The predicted octanol–water partition coefficient (Wildman–Crippen LogP) is 1.47. The molecule has 1 fully saturated rings. The molecule has 0 spiro atoms. The molecule has 1 N–H and O–H groups in total. The lowest BCUT2D eigenvalue weighted by Crippen LogP contribution is -2.46. The van der Waals surface area contributed by atoms with E-state index < -0.39 is 27.0 Å². The summed E-state index contributed by atoms with van der Waals surface area (Å²) in [4.78, 5) is 22.6. The van der Waals surface area contributed by atoms with Crippen LogP contribution in [0.4, 0.5) is 4.79 Å². The Bertz CT molecular complexity index is 359. The molecule has 0 aromatic heterocycles. The molecule has 9 heteroatoms. The molecule has 1 aliphatic rings. The van der Waals surface area contributed by atoms with Gasteiger partial charge in [-0.15, -0.1) is 0 Å². The van der Waals surface area contributed by atoms with E-state index in [2.05, 4.69) is 10.1 Å². The van der Waals surface area contributed by atoms with Crippen LogP contribution in [0.1, 0.15) is 33.6 Å². The van der Waals surface area contributed by atoms with Crippen molar-refractivity contribution < 1.29 is 32.3 Å². The maximum absolute atomic E-state index is 11.4. The van der Waals surface area contributed by atoms with E-state index >= 15 is 0 Å². The summed E-state index contributed by atoms with van der Waals surface area (Å²) in [7, 11) is -2.62. The van der Waals surface area contributed by atoms with Gasteiger partial charge in [-0.1, -0.05) is 0 Å². The van der Waals surface area contributed by atoms with Gasteiger partial charge in [0, 0.05) is 32.4 Å². The van der Waals surface area contributed by atoms with Gasteiger partial charge >= 0.3 is 20.9 Å². The SMILES string of the molecule is CCO[Si](CCCCNC(=O)OC(=O)C1CO1)(OCC)OCC. The molecule has 0 aliphatic carbocycles. The van der Waals surface area contributed by atoms with Crippen LogP contribution in [0.15, 0.2) is 0 Å². The number of alkyl carbamates (subject to hydrolysis) is 1. The Hall–Kier alpha value is -1.00. The van der Waals surface area contributed by atoms with Crippen LogP contribution in [-0.2, 0) is 27.5 Å². The van der Waals surface area contributed by atoms with Gasteiger partial charge in [0.15, 0.2) is 6.10 Å². The Labute approximate surface area is 138 Å². The predicted molar refractivity (Wildman–Crippen MR) is 83.9 cm³/mol. The van der Waals surface area contributed by atoms with E-state index in [1.807, 2.05) is 20.8 Å². The van der Waals surface area contributed by atoms with Gasteiger partial charge in [0.2, 0.25) is 0 Å². The molecule has 23 heavy (non-hydrogen) atoms. The third-order valence-corrected chi connectivity index (χ3v) is 6.21. The van der Waals surface area contributed by atoms with Gasteiger partial charge in [-0.3, -0.25) is 0 Å². The first-order valence-corrected chi connectivity index (χ1v) is 10.0. The molecule has 0 aromatic rings. The zero-order valence-corrected chi connectivity index (χ0v) is 15.1. The van der Waals surface area contributed by atoms with E-state index in [0.717, 1.165) is 6.42 Å². The fourth-order valence-corrected chi connectivity index (χ4v) is 4.72. The number of carbonyl (C=O) groups excluding carboxylic acids is 2. The molecule has 0 saturated carbocycles. The third-order valence-electron chi connectivity index (χ3n) is 3.06. The van der Waals surface area contributed by atoms with Crippen molar-refractivity contribution >= 4 is 20.9 Å². The van der Waals surface area contributed by atoms with E-state index in [-0.39, 0.29) is 0 Å². The second kappa shape index (κ2) is 10.7. The molecule has 1 rings (SSSR count). The minimum atomic E-state index is -2.62. The molecule has 0 radical (unpaired) electrons. The molecule has 1 unspecified atom stereocenters. The monoisotopic (exact) mass is 349 g/mol. The summed E-state index contributed by atoms with van der Waals surface area (Å²) in [6.07, 6.45) is 0.182. The summed E-state index contributed by atoms with van der Waals surface area (Å²) >= 11 is 0. The number of carbonyl (C=O) groups is 2. The largest absolute Gasteiger partial charge is 0.500 e. The normalized spacial score (nSPS) is 16.9. The van der Waals surface area contributed by atoms with Crippen LogP contribution in [-0.4, -0.2) is 59.9 Å². The Balaban J connectivity index is 2.21. The number of nitrogens with one attached hydrogen (secondary N) is 1. The molecule has 1 aliphatic heterocycles. The van der Waals surface area contributed by atoms with Gasteiger partial charge in [0.05, 0.1) is 6.61 Å². The number of hydrogen-bond acceptors (Lipinski definition) is 7. The molecule has 8 nitrogen and oxygen atoms in total. The average molecular weight is 349 g/mol. The molecule has 0 bridgehead atoms. The first-order chi connectivity index (χ1) is 11.1. The summed E-state index contributed by atoms with van der Waals surface area (Å²) in [5.74, 6) is -0.641. The Morgan fingerprint density at radius 1 is 1.09 bits per heavy atom. The lowest BCUT2D eigenvalue weighted by molar-refractivity contribution is -0.138. The van der Waals surface area contributed by atoms with Crippen molar-refractivity contribution in [2.75, 3.05) is 33.0 Å². The van der Waals surface area contributed by atoms with E-state index in [1.165, 1.54) is 0 Å². The standard InChI is InChI=1S/C14H27NO7Si/c1-4-19-23(20-5-2,21-6-3)10-8-7-9-15-14(17)22-13(16)12-11-18-12/h12H,4-11H2,1-3H3,(H,15,17). The molecule has 134 valence electrons. The molecule has 1 heterocycles. The van der Waals surface area contributed by atoms with Gasteiger partial charge in [-0.05, 0) is 33.6 Å². The summed E-state index contributed by atoms with van der Waals surface area (Å²) in [5, 5.41) is 2.53. The smallest absolute Gasteiger partial charge is 0.374 e. The molecule has 1 atom stereocenters. The number of epoxide rings is 1. The van der Waals surface area contributed by atoms with E-state index in [9.17, 15) is 9.59 Å². The minimum Gasteiger partial charge on any atom is -0.374 e. The first kappa shape index (κ1) is 20.0. The van der Waals surface area contributed by atoms with Gasteiger partial charge in [0.1, 0.15) is 0 Å². The topological polar surface area (TPSA) is 95.6 Å². The van der Waals surface area contributed by atoms with Crippen molar-refractivity contribution in [1.82, 2.24) is 5.32 Å². The summed E-state index contributed by atoms with van der Waals surface area (Å²) in [5.41, 5.74) is 0. The molecule has 1 amide bonds. The summed E-state index contributed by atoms with van der Waals surface area (Å²) < 4.78 is 26.5. The zero-order chi connectivity index (χ0) is 17.1. The number of esters is 1. The quantitative estimate of drug-likeness (QED) is 0.187. The van der Waals surface area contributed by atoms with Crippen molar-refractivity contribution in [3.63, 3.8) is 0 Å². The fourth-order valence-electron chi connectivity index (χ4n) is 2.04. The average Bonchev–Trinajstić information content (AvgIpc) is 3.32. The highest BCUT2D eigenvalue weighted by atomic mass is 28.4. The third kappa shape index (κ3) is 7.89. The minimum absolute atomic E-state index is 0.325. The zero-order valence-electron chi connectivity index (χ0n) is 14.1. The Morgan fingerprint density at radius 3 is 2.13 bits per heavy atom. The van der Waals surface area contributed by atoms with Crippen LogP contribution >= 0.6 is 0 Å². The van der Waals surface area contributed by atoms with Crippen molar-refractivity contribution in [1.29, 1.82) is 0 Å². The van der Waals surface area contributed by atoms with Crippen LogP contribution in [0.3, 0.4) is 0 Å².